The van der Waals surface area contributed by atoms with E-state index in [1.807, 2.05) is 6.07 Å². The van der Waals surface area contributed by atoms with Gasteiger partial charge in [0.1, 0.15) is 5.75 Å². The van der Waals surface area contributed by atoms with Crippen molar-refractivity contribution < 1.29 is 9.53 Å². The molecular weight excluding hydrogens is 288 g/mol. The SMILES string of the molecule is COc1ccc(C(C)=O)cc1CSc1nc(C)cc(=O)[nH]1. The molecule has 0 unspecified atom stereocenters. The minimum atomic E-state index is -0.172. The van der Waals surface area contributed by atoms with Gasteiger partial charge in [-0.3, -0.25) is 9.59 Å². The van der Waals surface area contributed by atoms with E-state index >= 15 is 0 Å². The minimum Gasteiger partial charge on any atom is -0.496 e. The minimum absolute atomic E-state index is 0.00555. The molecule has 1 heterocycles. The number of benzene rings is 1. The molecule has 0 saturated carbocycles. The summed E-state index contributed by atoms with van der Waals surface area (Å²) < 4.78 is 5.30. The highest BCUT2D eigenvalue weighted by atomic mass is 32.2. The molecule has 1 aromatic carbocycles. The van der Waals surface area contributed by atoms with Gasteiger partial charge in [0.25, 0.3) is 5.56 Å². The van der Waals surface area contributed by atoms with Crippen LogP contribution in [0.25, 0.3) is 0 Å². The average molecular weight is 304 g/mol. The number of hydrogen-bond acceptors (Lipinski definition) is 5. The van der Waals surface area contributed by atoms with Crippen LogP contribution in [0.2, 0.25) is 0 Å². The van der Waals surface area contributed by atoms with Gasteiger partial charge in [0.15, 0.2) is 10.9 Å². The third-order valence-electron chi connectivity index (χ3n) is 2.90. The quantitative estimate of drug-likeness (QED) is 0.522. The number of thioether (sulfide) groups is 1. The number of H-pyrrole nitrogens is 1. The van der Waals surface area contributed by atoms with Crippen LogP contribution in [0.1, 0.15) is 28.5 Å². The monoisotopic (exact) mass is 304 g/mol. The first-order valence-corrected chi connectivity index (χ1v) is 7.37. The van der Waals surface area contributed by atoms with E-state index in [1.54, 1.807) is 26.2 Å². The molecule has 0 saturated heterocycles. The Bertz CT molecular complexity index is 725. The zero-order valence-electron chi connectivity index (χ0n) is 12.1. The van der Waals surface area contributed by atoms with Crippen LogP contribution in [0.5, 0.6) is 5.75 Å². The summed E-state index contributed by atoms with van der Waals surface area (Å²) in [4.78, 5) is 29.8. The van der Waals surface area contributed by atoms with Gasteiger partial charge in [0.2, 0.25) is 0 Å². The van der Waals surface area contributed by atoms with Gasteiger partial charge in [0, 0.05) is 28.6 Å². The number of aromatic nitrogens is 2. The number of Topliss-reactive ketones (excluding diaryl/α,β-unsaturated/α-hetero) is 1. The van der Waals surface area contributed by atoms with Crippen molar-refractivity contribution in [3.8, 4) is 5.75 Å². The summed E-state index contributed by atoms with van der Waals surface area (Å²) in [6.07, 6.45) is 0. The largest absolute Gasteiger partial charge is 0.496 e. The Morgan fingerprint density at radius 1 is 1.38 bits per heavy atom. The van der Waals surface area contributed by atoms with Crippen LogP contribution >= 0.6 is 11.8 Å². The van der Waals surface area contributed by atoms with E-state index < -0.39 is 0 Å². The number of nitrogens with one attached hydrogen (secondary N) is 1. The predicted molar refractivity (Wildman–Crippen MR) is 82.2 cm³/mol. The number of rotatable bonds is 5. The maximum Gasteiger partial charge on any atom is 0.251 e. The smallest absolute Gasteiger partial charge is 0.251 e. The fourth-order valence-electron chi connectivity index (χ4n) is 1.88. The van der Waals surface area contributed by atoms with Crippen molar-refractivity contribution in [3.63, 3.8) is 0 Å². The topological polar surface area (TPSA) is 72.0 Å². The number of hydrogen-bond donors (Lipinski definition) is 1. The molecule has 6 heteroatoms. The summed E-state index contributed by atoms with van der Waals surface area (Å²) >= 11 is 1.39. The zero-order valence-corrected chi connectivity index (χ0v) is 12.9. The summed E-state index contributed by atoms with van der Waals surface area (Å²) in [5, 5.41) is 0.551. The second-order valence-electron chi connectivity index (χ2n) is 4.56. The van der Waals surface area contributed by atoms with Crippen molar-refractivity contribution in [1.82, 2.24) is 9.97 Å². The Morgan fingerprint density at radius 3 is 2.76 bits per heavy atom. The molecule has 0 spiro atoms. The number of ketones is 1. The zero-order chi connectivity index (χ0) is 15.4. The van der Waals surface area contributed by atoms with Crippen molar-refractivity contribution >= 4 is 17.5 Å². The number of aryl methyl sites for hydroxylation is 1. The molecule has 0 amide bonds. The molecule has 0 atom stereocenters. The Labute approximate surface area is 126 Å². The standard InChI is InChI=1S/C15H16N2O3S/c1-9-6-14(19)17-15(16-9)21-8-12-7-11(10(2)18)4-5-13(12)20-3/h4-7H,8H2,1-3H3,(H,16,17,19). The highest BCUT2D eigenvalue weighted by molar-refractivity contribution is 7.98. The van der Waals surface area contributed by atoms with E-state index in [-0.39, 0.29) is 11.3 Å². The summed E-state index contributed by atoms with van der Waals surface area (Å²) in [7, 11) is 1.59. The van der Waals surface area contributed by atoms with E-state index in [1.165, 1.54) is 24.8 Å². The first-order valence-electron chi connectivity index (χ1n) is 6.38. The number of methoxy groups -OCH3 is 1. The molecule has 0 radical (unpaired) electrons. The van der Waals surface area contributed by atoms with E-state index in [0.717, 1.165) is 5.56 Å². The van der Waals surface area contributed by atoms with Gasteiger partial charge in [-0.15, -0.1) is 0 Å². The van der Waals surface area contributed by atoms with Crippen LogP contribution in [0.3, 0.4) is 0 Å². The van der Waals surface area contributed by atoms with Crippen molar-refractivity contribution in [2.45, 2.75) is 24.8 Å². The number of carbonyl (C=O) groups is 1. The van der Waals surface area contributed by atoms with Gasteiger partial charge in [0.05, 0.1) is 7.11 Å². The molecule has 0 fully saturated rings. The normalized spacial score (nSPS) is 10.4. The van der Waals surface area contributed by atoms with Crippen LogP contribution < -0.4 is 10.3 Å². The molecule has 1 N–H and O–H groups in total. The molecule has 2 rings (SSSR count). The Balaban J connectivity index is 2.23. The lowest BCUT2D eigenvalue weighted by Gasteiger charge is -2.09. The number of aromatic amines is 1. The third kappa shape index (κ3) is 3.95. The van der Waals surface area contributed by atoms with Gasteiger partial charge < -0.3 is 9.72 Å². The Morgan fingerprint density at radius 2 is 2.14 bits per heavy atom. The lowest BCUT2D eigenvalue weighted by atomic mass is 10.1. The van der Waals surface area contributed by atoms with Crippen molar-refractivity contribution in [2.75, 3.05) is 7.11 Å². The second-order valence-corrected chi connectivity index (χ2v) is 5.53. The lowest BCUT2D eigenvalue weighted by Crippen LogP contribution is -2.08. The number of carbonyl (C=O) groups excluding carboxylic acids is 1. The number of ether oxygens (including phenoxy) is 1. The van der Waals surface area contributed by atoms with Crippen LogP contribution in [0.15, 0.2) is 34.2 Å². The molecule has 0 aliphatic carbocycles. The maximum atomic E-state index is 11.5. The molecule has 0 bridgehead atoms. The van der Waals surface area contributed by atoms with E-state index in [2.05, 4.69) is 9.97 Å². The molecule has 2 aromatic rings. The van der Waals surface area contributed by atoms with Crippen LogP contribution in [0, 0.1) is 6.92 Å². The van der Waals surface area contributed by atoms with Crippen molar-refractivity contribution in [2.24, 2.45) is 0 Å². The van der Waals surface area contributed by atoms with Crippen LogP contribution in [0.4, 0.5) is 0 Å². The van der Waals surface area contributed by atoms with E-state index in [0.29, 0.717) is 27.9 Å². The molecule has 110 valence electrons. The van der Waals surface area contributed by atoms with E-state index in [9.17, 15) is 9.59 Å². The maximum absolute atomic E-state index is 11.5. The summed E-state index contributed by atoms with van der Waals surface area (Å²) in [5.74, 6) is 1.27. The molecule has 5 nitrogen and oxygen atoms in total. The Hall–Kier alpha value is -2.08. The van der Waals surface area contributed by atoms with Crippen molar-refractivity contribution in [1.29, 1.82) is 0 Å². The van der Waals surface area contributed by atoms with Gasteiger partial charge in [-0.05, 0) is 32.0 Å². The van der Waals surface area contributed by atoms with Crippen LogP contribution in [-0.4, -0.2) is 22.9 Å². The molecule has 1 aromatic heterocycles. The highest BCUT2D eigenvalue weighted by Crippen LogP contribution is 2.27. The summed E-state index contributed by atoms with van der Waals surface area (Å²) in [6, 6.07) is 6.77. The highest BCUT2D eigenvalue weighted by Gasteiger charge is 2.09. The number of nitrogens with zero attached hydrogens (tertiary/aromatic N) is 1. The molecule has 0 aliphatic rings. The fourth-order valence-corrected chi connectivity index (χ4v) is 2.78. The first-order chi connectivity index (χ1) is 9.99. The van der Waals surface area contributed by atoms with Gasteiger partial charge in [-0.25, -0.2) is 4.98 Å². The molecule has 21 heavy (non-hydrogen) atoms. The van der Waals surface area contributed by atoms with Gasteiger partial charge in [-0.1, -0.05) is 11.8 Å². The van der Waals surface area contributed by atoms with Gasteiger partial charge >= 0.3 is 0 Å². The fraction of sp³-hybridized carbons (Fsp3) is 0.267. The van der Waals surface area contributed by atoms with Crippen LogP contribution in [-0.2, 0) is 5.75 Å². The predicted octanol–water partition coefficient (Wildman–Crippen LogP) is 2.58. The van der Waals surface area contributed by atoms with Gasteiger partial charge in [-0.2, -0.15) is 0 Å². The third-order valence-corrected chi connectivity index (χ3v) is 3.82. The molecular formula is C15H16N2O3S. The first kappa shape index (κ1) is 15.3. The second kappa shape index (κ2) is 6.58. The summed E-state index contributed by atoms with van der Waals surface area (Å²) in [6.45, 7) is 3.30. The molecule has 0 aliphatic heterocycles. The Kier molecular flexibility index (Phi) is 4.80. The lowest BCUT2D eigenvalue weighted by molar-refractivity contribution is 0.101. The van der Waals surface area contributed by atoms with Crippen molar-refractivity contribution in [3.05, 3.63) is 51.4 Å². The average Bonchev–Trinajstić information content (AvgIpc) is 2.43. The summed E-state index contributed by atoms with van der Waals surface area (Å²) in [5.41, 5.74) is 2.02. The van der Waals surface area contributed by atoms with E-state index in [4.69, 9.17) is 4.74 Å².